The standard InChI is InChI=1S/C33H36N8O5/c34-24(12-19-15-36-25-8-3-1-6-22(19)25)32(44)41-11-5-10-29(41)31(43)39-27(14-21-17-35-18-38-21)30(42)40-28(33(45)46)13-20-16-37-26-9-4-2-7-23(20)26/h1-4,6-9,15-18,24,27-29,36-37H,5,10-14,34H2,(H,35,38)(H,39,43)(H,40,42)(H,45,46). The van der Waals surface area contributed by atoms with E-state index < -0.39 is 42.0 Å². The van der Waals surface area contributed by atoms with E-state index in [0.717, 1.165) is 32.9 Å². The monoisotopic (exact) mass is 624 g/mol. The van der Waals surface area contributed by atoms with Crippen LogP contribution in [0.3, 0.4) is 0 Å². The molecule has 0 saturated carbocycles. The minimum absolute atomic E-state index is 0.0367. The highest BCUT2D eigenvalue weighted by atomic mass is 16.4. The number of aromatic amines is 3. The average Bonchev–Trinajstić information content (AvgIpc) is 3.88. The first kappa shape index (κ1) is 30.6. The van der Waals surface area contributed by atoms with Gasteiger partial charge in [0.15, 0.2) is 0 Å². The predicted molar refractivity (Wildman–Crippen MR) is 171 cm³/mol. The molecule has 0 bridgehead atoms. The van der Waals surface area contributed by atoms with Gasteiger partial charge in [0.05, 0.1) is 12.4 Å². The molecule has 13 nitrogen and oxygen atoms in total. The van der Waals surface area contributed by atoms with E-state index >= 15 is 0 Å². The molecule has 1 aliphatic rings. The molecule has 0 spiro atoms. The summed E-state index contributed by atoms with van der Waals surface area (Å²) in [6.45, 7) is 0.363. The van der Waals surface area contributed by atoms with Crippen LogP contribution in [0, 0.1) is 0 Å². The third-order valence-electron chi connectivity index (χ3n) is 8.60. The highest BCUT2D eigenvalue weighted by Crippen LogP contribution is 2.23. The normalized spacial score (nSPS) is 16.7. The largest absolute Gasteiger partial charge is 0.480 e. The second kappa shape index (κ2) is 13.3. The summed E-state index contributed by atoms with van der Waals surface area (Å²) in [6, 6.07) is 11.2. The first-order valence-corrected chi connectivity index (χ1v) is 15.3. The molecule has 6 rings (SSSR count). The zero-order valence-electron chi connectivity index (χ0n) is 25.0. The van der Waals surface area contributed by atoms with Gasteiger partial charge in [-0.1, -0.05) is 36.4 Å². The van der Waals surface area contributed by atoms with Crippen molar-refractivity contribution < 1.29 is 24.3 Å². The number of H-pyrrole nitrogens is 3. The van der Waals surface area contributed by atoms with Crippen LogP contribution in [0.2, 0.25) is 0 Å². The third kappa shape index (κ3) is 6.49. The molecule has 5 aromatic rings. The number of rotatable bonds is 12. The number of carbonyl (C=O) groups is 4. The number of para-hydroxylation sites is 2. The summed E-state index contributed by atoms with van der Waals surface area (Å²) >= 11 is 0. The fraction of sp³-hybridized carbons (Fsp3) is 0.303. The molecule has 2 aromatic carbocycles. The molecule has 4 atom stereocenters. The van der Waals surface area contributed by atoms with Crippen molar-refractivity contribution >= 4 is 45.5 Å². The number of nitrogens with one attached hydrogen (secondary N) is 5. The van der Waals surface area contributed by atoms with Crippen molar-refractivity contribution in [1.82, 2.24) is 35.5 Å². The van der Waals surface area contributed by atoms with Crippen molar-refractivity contribution in [3.8, 4) is 0 Å². The van der Waals surface area contributed by atoms with Crippen molar-refractivity contribution in [2.24, 2.45) is 5.73 Å². The van der Waals surface area contributed by atoms with Crippen LogP contribution in [0.4, 0.5) is 0 Å². The first-order valence-electron chi connectivity index (χ1n) is 15.3. The highest BCUT2D eigenvalue weighted by molar-refractivity contribution is 5.95. The van der Waals surface area contributed by atoms with E-state index in [1.165, 1.54) is 17.4 Å². The number of carbonyl (C=O) groups excluding carboxylic acids is 3. The van der Waals surface area contributed by atoms with Crippen LogP contribution in [-0.2, 0) is 38.4 Å². The van der Waals surface area contributed by atoms with E-state index in [1.54, 1.807) is 6.20 Å². The lowest BCUT2D eigenvalue weighted by molar-refractivity contribution is -0.143. The molecule has 3 amide bonds. The Morgan fingerprint density at radius 2 is 1.54 bits per heavy atom. The van der Waals surface area contributed by atoms with Gasteiger partial charge in [-0.15, -0.1) is 0 Å². The quantitative estimate of drug-likeness (QED) is 0.110. The molecule has 238 valence electrons. The summed E-state index contributed by atoms with van der Waals surface area (Å²) < 4.78 is 0. The summed E-state index contributed by atoms with van der Waals surface area (Å²) in [5.74, 6) is -2.72. The Kier molecular flexibility index (Phi) is 8.83. The van der Waals surface area contributed by atoms with E-state index in [2.05, 4.69) is 30.6 Å². The molecule has 0 radical (unpaired) electrons. The van der Waals surface area contributed by atoms with E-state index in [-0.39, 0.29) is 18.7 Å². The van der Waals surface area contributed by atoms with E-state index in [1.807, 2.05) is 54.7 Å². The number of carboxylic acid groups (broad SMARTS) is 1. The predicted octanol–water partition coefficient (Wildman–Crippen LogP) is 1.77. The van der Waals surface area contributed by atoms with Crippen LogP contribution < -0.4 is 16.4 Å². The number of nitrogens with zero attached hydrogens (tertiary/aromatic N) is 2. The number of amides is 3. The smallest absolute Gasteiger partial charge is 0.326 e. The van der Waals surface area contributed by atoms with Gasteiger partial charge in [-0.2, -0.15) is 0 Å². The number of imidazole rings is 1. The molecule has 46 heavy (non-hydrogen) atoms. The van der Waals surface area contributed by atoms with Gasteiger partial charge in [0.2, 0.25) is 17.7 Å². The molecule has 8 N–H and O–H groups in total. The van der Waals surface area contributed by atoms with Gasteiger partial charge >= 0.3 is 5.97 Å². The molecule has 13 heteroatoms. The third-order valence-corrected chi connectivity index (χ3v) is 8.60. The lowest BCUT2D eigenvalue weighted by atomic mass is 10.0. The molecule has 1 saturated heterocycles. The van der Waals surface area contributed by atoms with Crippen LogP contribution in [0.1, 0.15) is 29.7 Å². The highest BCUT2D eigenvalue weighted by Gasteiger charge is 2.38. The minimum Gasteiger partial charge on any atom is -0.480 e. The maximum Gasteiger partial charge on any atom is 0.326 e. The Labute approximate surface area is 263 Å². The Morgan fingerprint density at radius 3 is 2.17 bits per heavy atom. The van der Waals surface area contributed by atoms with Gasteiger partial charge < -0.3 is 41.3 Å². The van der Waals surface area contributed by atoms with Crippen molar-refractivity contribution in [1.29, 1.82) is 0 Å². The molecule has 4 unspecified atom stereocenters. The molecular weight excluding hydrogens is 588 g/mol. The molecule has 1 fully saturated rings. The van der Waals surface area contributed by atoms with E-state index in [0.29, 0.717) is 31.5 Å². The molecule has 0 aliphatic carbocycles. The second-order valence-electron chi connectivity index (χ2n) is 11.7. The fourth-order valence-electron chi connectivity index (χ4n) is 6.23. The average molecular weight is 625 g/mol. The Bertz CT molecular complexity index is 1860. The van der Waals surface area contributed by atoms with Gasteiger partial charge in [0, 0.05) is 65.5 Å². The number of aromatic nitrogens is 4. The van der Waals surface area contributed by atoms with Gasteiger partial charge in [-0.05, 0) is 42.5 Å². The van der Waals surface area contributed by atoms with Gasteiger partial charge in [-0.3, -0.25) is 14.4 Å². The Balaban J connectivity index is 1.15. The number of nitrogens with two attached hydrogens (primary N) is 1. The number of fused-ring (bicyclic) bond motifs is 2. The van der Waals surface area contributed by atoms with Crippen molar-refractivity contribution in [2.45, 2.75) is 56.3 Å². The number of aliphatic carboxylic acids is 1. The molecular formula is C33H36N8O5. The van der Waals surface area contributed by atoms with Crippen molar-refractivity contribution in [2.75, 3.05) is 6.54 Å². The zero-order valence-corrected chi connectivity index (χ0v) is 25.0. The van der Waals surface area contributed by atoms with Crippen LogP contribution in [0.5, 0.6) is 0 Å². The number of benzene rings is 2. The van der Waals surface area contributed by atoms with Gasteiger partial charge in [0.1, 0.15) is 18.1 Å². The lowest BCUT2D eigenvalue weighted by Gasteiger charge is -2.28. The Hall–Kier alpha value is -5.43. The minimum atomic E-state index is -1.25. The Morgan fingerprint density at radius 1 is 0.891 bits per heavy atom. The van der Waals surface area contributed by atoms with E-state index in [9.17, 15) is 24.3 Å². The number of hydrogen-bond acceptors (Lipinski definition) is 6. The van der Waals surface area contributed by atoms with Crippen LogP contribution in [0.15, 0.2) is 73.4 Å². The van der Waals surface area contributed by atoms with Gasteiger partial charge in [0.25, 0.3) is 0 Å². The van der Waals surface area contributed by atoms with Gasteiger partial charge in [-0.25, -0.2) is 9.78 Å². The van der Waals surface area contributed by atoms with Crippen molar-refractivity contribution in [3.63, 3.8) is 0 Å². The van der Waals surface area contributed by atoms with Crippen LogP contribution in [-0.4, -0.2) is 84.3 Å². The maximum atomic E-state index is 13.7. The number of hydrogen-bond donors (Lipinski definition) is 7. The summed E-state index contributed by atoms with van der Waals surface area (Å²) in [5, 5.41) is 17.2. The summed E-state index contributed by atoms with van der Waals surface area (Å²) in [4.78, 5) is 67.7. The summed E-state index contributed by atoms with van der Waals surface area (Å²) in [7, 11) is 0. The molecule has 4 heterocycles. The topological polar surface area (TPSA) is 202 Å². The molecule has 1 aliphatic heterocycles. The number of likely N-dealkylation sites (tertiary alicyclic amines) is 1. The summed E-state index contributed by atoms with van der Waals surface area (Å²) in [5.41, 5.74) is 10.4. The summed E-state index contributed by atoms with van der Waals surface area (Å²) in [6.07, 6.45) is 7.94. The zero-order chi connectivity index (χ0) is 32.2. The van der Waals surface area contributed by atoms with Crippen molar-refractivity contribution in [3.05, 3.63) is 90.3 Å². The maximum absolute atomic E-state index is 13.7. The lowest BCUT2D eigenvalue weighted by Crippen LogP contribution is -2.57. The van der Waals surface area contributed by atoms with Crippen LogP contribution in [0.25, 0.3) is 21.8 Å². The first-order chi connectivity index (χ1) is 22.3. The second-order valence-corrected chi connectivity index (χ2v) is 11.7. The van der Waals surface area contributed by atoms with Crippen LogP contribution >= 0.6 is 0 Å². The molecule has 3 aromatic heterocycles. The SMILES string of the molecule is NC(Cc1c[nH]c2ccccc12)C(=O)N1CCCC1C(=O)NC(Cc1cnc[nH]1)C(=O)NC(Cc1c[nH]c2ccccc12)C(=O)O. The van der Waals surface area contributed by atoms with E-state index in [4.69, 9.17) is 5.73 Å². The fourth-order valence-corrected chi connectivity index (χ4v) is 6.23. The number of carboxylic acids is 1.